The number of carbonyl (C=O) groups is 1. The second-order valence-electron chi connectivity index (χ2n) is 7.68. The summed E-state index contributed by atoms with van der Waals surface area (Å²) >= 11 is 0. The molecule has 2 aliphatic rings. The third-order valence-electron chi connectivity index (χ3n) is 5.55. The Morgan fingerprint density at radius 3 is 2.81 bits per heavy atom. The zero-order chi connectivity index (χ0) is 19.4. The van der Waals surface area contributed by atoms with E-state index in [0.717, 1.165) is 49.6 Å². The standard InChI is InChI=1S/C19H32N6O2/c1-14(27)25-10-7-16-17(12-25)21-19(23(2)3)22-18(16)20-8-11-24-9-5-4-6-15(24)13-26/h15,26H,4-13H2,1-3H3,(H,20,21,22)/t15-/m0/s1. The molecule has 0 aromatic carbocycles. The van der Waals surface area contributed by atoms with Crippen molar-refractivity contribution in [3.05, 3.63) is 11.3 Å². The van der Waals surface area contributed by atoms with Gasteiger partial charge in [-0.25, -0.2) is 4.98 Å². The van der Waals surface area contributed by atoms with Crippen LogP contribution in [0.3, 0.4) is 0 Å². The van der Waals surface area contributed by atoms with Gasteiger partial charge in [0.2, 0.25) is 11.9 Å². The Hall–Kier alpha value is -1.93. The van der Waals surface area contributed by atoms with Crippen LogP contribution in [0.25, 0.3) is 0 Å². The van der Waals surface area contributed by atoms with Crippen LogP contribution in [0.1, 0.15) is 37.4 Å². The molecule has 8 nitrogen and oxygen atoms in total. The number of nitrogens with one attached hydrogen (secondary N) is 1. The molecule has 0 bridgehead atoms. The topological polar surface area (TPSA) is 84.8 Å². The molecule has 27 heavy (non-hydrogen) atoms. The number of hydrogen-bond acceptors (Lipinski definition) is 7. The number of carbonyl (C=O) groups excluding carboxylic acids is 1. The van der Waals surface area contributed by atoms with Crippen LogP contribution >= 0.6 is 0 Å². The van der Waals surface area contributed by atoms with E-state index < -0.39 is 0 Å². The second kappa shape index (κ2) is 8.84. The molecular weight excluding hydrogens is 344 g/mol. The van der Waals surface area contributed by atoms with Gasteiger partial charge in [0.05, 0.1) is 18.8 Å². The first-order valence-electron chi connectivity index (χ1n) is 9.91. The summed E-state index contributed by atoms with van der Waals surface area (Å²) in [5, 5.41) is 13.1. The molecule has 1 fully saturated rings. The van der Waals surface area contributed by atoms with Crippen molar-refractivity contribution < 1.29 is 9.90 Å². The van der Waals surface area contributed by atoms with Gasteiger partial charge in [0.15, 0.2) is 0 Å². The summed E-state index contributed by atoms with van der Waals surface area (Å²) in [6.45, 7) is 5.81. The lowest BCUT2D eigenvalue weighted by Crippen LogP contribution is -2.44. The lowest BCUT2D eigenvalue weighted by molar-refractivity contribution is -0.129. The summed E-state index contributed by atoms with van der Waals surface area (Å²) in [7, 11) is 3.85. The van der Waals surface area contributed by atoms with E-state index in [1.54, 1.807) is 6.92 Å². The predicted octanol–water partition coefficient (Wildman–Crippen LogP) is 0.706. The Morgan fingerprint density at radius 1 is 1.30 bits per heavy atom. The van der Waals surface area contributed by atoms with E-state index in [4.69, 9.17) is 4.98 Å². The first-order valence-corrected chi connectivity index (χ1v) is 9.91. The van der Waals surface area contributed by atoms with E-state index in [1.807, 2.05) is 23.9 Å². The first kappa shape index (κ1) is 19.8. The number of rotatable bonds is 6. The Labute approximate surface area is 161 Å². The van der Waals surface area contributed by atoms with Gasteiger partial charge in [0.25, 0.3) is 0 Å². The SMILES string of the molecule is CC(=O)N1CCc2c(nc(N(C)C)nc2NCCN2CCCC[C@H]2CO)C1. The third-order valence-corrected chi connectivity index (χ3v) is 5.55. The van der Waals surface area contributed by atoms with Crippen LogP contribution in [-0.2, 0) is 17.8 Å². The molecular formula is C19H32N6O2. The summed E-state index contributed by atoms with van der Waals surface area (Å²) in [4.78, 5) is 27.2. The number of likely N-dealkylation sites (tertiary alicyclic amines) is 1. The number of piperidine rings is 1. The summed E-state index contributed by atoms with van der Waals surface area (Å²) in [5.41, 5.74) is 2.05. The molecule has 0 unspecified atom stereocenters. The van der Waals surface area contributed by atoms with E-state index in [9.17, 15) is 9.90 Å². The van der Waals surface area contributed by atoms with E-state index in [-0.39, 0.29) is 18.6 Å². The quantitative estimate of drug-likeness (QED) is 0.756. The number of aliphatic hydroxyl groups excluding tert-OH is 1. The van der Waals surface area contributed by atoms with Crippen LogP contribution in [-0.4, -0.2) is 83.7 Å². The molecule has 2 N–H and O–H groups in total. The van der Waals surface area contributed by atoms with Crippen LogP contribution in [0.5, 0.6) is 0 Å². The summed E-state index contributed by atoms with van der Waals surface area (Å²) in [6.07, 6.45) is 4.25. The van der Waals surface area contributed by atoms with Gasteiger partial charge in [-0.2, -0.15) is 4.98 Å². The van der Waals surface area contributed by atoms with Crippen LogP contribution in [0.15, 0.2) is 0 Å². The monoisotopic (exact) mass is 376 g/mol. The maximum Gasteiger partial charge on any atom is 0.227 e. The van der Waals surface area contributed by atoms with Crippen molar-refractivity contribution in [2.45, 2.75) is 45.2 Å². The van der Waals surface area contributed by atoms with Gasteiger partial charge in [-0.05, 0) is 25.8 Å². The van der Waals surface area contributed by atoms with Crippen molar-refractivity contribution in [3.8, 4) is 0 Å². The summed E-state index contributed by atoms with van der Waals surface area (Å²) < 4.78 is 0. The summed E-state index contributed by atoms with van der Waals surface area (Å²) in [6, 6.07) is 0.279. The van der Waals surface area contributed by atoms with E-state index >= 15 is 0 Å². The molecule has 3 rings (SSSR count). The number of anilines is 2. The van der Waals surface area contributed by atoms with Gasteiger partial charge >= 0.3 is 0 Å². The second-order valence-corrected chi connectivity index (χ2v) is 7.68. The van der Waals surface area contributed by atoms with Crippen molar-refractivity contribution >= 4 is 17.7 Å². The zero-order valence-electron chi connectivity index (χ0n) is 16.7. The zero-order valence-corrected chi connectivity index (χ0v) is 16.7. The molecule has 2 aliphatic heterocycles. The van der Waals surface area contributed by atoms with Gasteiger partial charge in [-0.15, -0.1) is 0 Å². The Balaban J connectivity index is 1.71. The van der Waals surface area contributed by atoms with Gasteiger partial charge in [0.1, 0.15) is 5.82 Å². The molecule has 1 amide bonds. The lowest BCUT2D eigenvalue weighted by atomic mass is 10.0. The Kier molecular flexibility index (Phi) is 6.49. The van der Waals surface area contributed by atoms with E-state index in [0.29, 0.717) is 19.0 Å². The molecule has 8 heteroatoms. The Morgan fingerprint density at radius 2 is 2.11 bits per heavy atom. The minimum Gasteiger partial charge on any atom is -0.395 e. The Bertz CT molecular complexity index is 666. The lowest BCUT2D eigenvalue weighted by Gasteiger charge is -2.34. The smallest absolute Gasteiger partial charge is 0.227 e. The van der Waals surface area contributed by atoms with Gasteiger partial charge < -0.3 is 20.2 Å². The molecule has 1 saturated heterocycles. The number of hydrogen-bond donors (Lipinski definition) is 2. The van der Waals surface area contributed by atoms with Crippen molar-refractivity contribution in [3.63, 3.8) is 0 Å². The van der Waals surface area contributed by atoms with Crippen molar-refractivity contribution in [2.24, 2.45) is 0 Å². The highest BCUT2D eigenvalue weighted by atomic mass is 16.3. The van der Waals surface area contributed by atoms with Gasteiger partial charge in [-0.1, -0.05) is 6.42 Å². The minimum atomic E-state index is 0.0836. The molecule has 0 radical (unpaired) electrons. The fourth-order valence-corrected chi connectivity index (χ4v) is 3.91. The third kappa shape index (κ3) is 4.68. The van der Waals surface area contributed by atoms with Gasteiger partial charge in [-0.3, -0.25) is 9.69 Å². The highest BCUT2D eigenvalue weighted by Gasteiger charge is 2.25. The first-order chi connectivity index (χ1) is 13.0. The van der Waals surface area contributed by atoms with Gasteiger partial charge in [0, 0.05) is 52.3 Å². The van der Waals surface area contributed by atoms with E-state index in [1.165, 1.54) is 12.8 Å². The molecule has 1 atom stereocenters. The van der Waals surface area contributed by atoms with Crippen molar-refractivity contribution in [1.82, 2.24) is 19.8 Å². The average Bonchev–Trinajstić information content (AvgIpc) is 2.67. The van der Waals surface area contributed by atoms with Crippen molar-refractivity contribution in [2.75, 3.05) is 57.1 Å². The molecule has 0 saturated carbocycles. The average molecular weight is 377 g/mol. The maximum absolute atomic E-state index is 11.7. The fraction of sp³-hybridized carbons (Fsp3) is 0.737. The highest BCUT2D eigenvalue weighted by molar-refractivity contribution is 5.73. The van der Waals surface area contributed by atoms with E-state index in [2.05, 4.69) is 15.2 Å². The van der Waals surface area contributed by atoms with Crippen molar-refractivity contribution in [1.29, 1.82) is 0 Å². The van der Waals surface area contributed by atoms with Crippen LogP contribution < -0.4 is 10.2 Å². The summed E-state index contributed by atoms with van der Waals surface area (Å²) in [5.74, 6) is 1.62. The molecule has 1 aromatic heterocycles. The highest BCUT2D eigenvalue weighted by Crippen LogP contribution is 2.26. The minimum absolute atomic E-state index is 0.0836. The normalized spacial score (nSPS) is 20.3. The van der Waals surface area contributed by atoms with Crippen LogP contribution in [0.4, 0.5) is 11.8 Å². The molecule has 150 valence electrons. The largest absolute Gasteiger partial charge is 0.395 e. The maximum atomic E-state index is 11.7. The van der Waals surface area contributed by atoms with Crippen LogP contribution in [0.2, 0.25) is 0 Å². The number of amides is 1. The number of fused-ring (bicyclic) bond motifs is 1. The molecule has 0 aliphatic carbocycles. The number of nitrogens with zero attached hydrogens (tertiary/aromatic N) is 5. The molecule has 1 aromatic rings. The number of aromatic nitrogens is 2. The van der Waals surface area contributed by atoms with Crippen LogP contribution in [0, 0.1) is 0 Å². The number of aliphatic hydroxyl groups is 1. The molecule has 0 spiro atoms. The fourth-order valence-electron chi connectivity index (χ4n) is 3.91. The molecule has 3 heterocycles. The predicted molar refractivity (Wildman–Crippen MR) is 106 cm³/mol.